The number of hydrogen-bond acceptors (Lipinski definition) is 4. The molecular weight excluding hydrogens is 350 g/mol. The van der Waals surface area contributed by atoms with E-state index in [-0.39, 0.29) is 18.5 Å². The van der Waals surface area contributed by atoms with Gasteiger partial charge >= 0.3 is 0 Å². The van der Waals surface area contributed by atoms with Crippen LogP contribution in [0.1, 0.15) is 35.7 Å². The average Bonchev–Trinajstić information content (AvgIpc) is 3.07. The molecule has 1 amide bonds. The van der Waals surface area contributed by atoms with Gasteiger partial charge in [0.15, 0.2) is 0 Å². The number of aryl methyl sites for hydroxylation is 1. The fourth-order valence-electron chi connectivity index (χ4n) is 2.64. The number of amides is 1. The summed E-state index contributed by atoms with van der Waals surface area (Å²) in [7, 11) is 0. The van der Waals surface area contributed by atoms with Crippen molar-refractivity contribution in [2.24, 2.45) is 0 Å². The number of halogens is 1. The van der Waals surface area contributed by atoms with Crippen LogP contribution in [0.4, 0.5) is 0 Å². The number of rotatable bonds is 5. The van der Waals surface area contributed by atoms with Crippen LogP contribution in [0.5, 0.6) is 0 Å². The van der Waals surface area contributed by atoms with Gasteiger partial charge in [0, 0.05) is 22.2 Å². The normalized spacial score (nSPS) is 11.0. The highest BCUT2D eigenvalue weighted by atomic mass is 35.5. The van der Waals surface area contributed by atoms with Gasteiger partial charge < -0.3 is 9.42 Å². The van der Waals surface area contributed by atoms with Gasteiger partial charge in [-0.25, -0.2) is 0 Å². The van der Waals surface area contributed by atoms with E-state index in [0.717, 1.165) is 11.1 Å². The minimum atomic E-state index is -0.127. The molecule has 1 aromatic heterocycles. The molecule has 3 aromatic rings. The van der Waals surface area contributed by atoms with Crippen molar-refractivity contribution < 1.29 is 9.32 Å². The van der Waals surface area contributed by atoms with Gasteiger partial charge in [-0.05, 0) is 45.0 Å². The second kappa shape index (κ2) is 7.70. The lowest BCUT2D eigenvalue weighted by Gasteiger charge is -2.25. The third-order valence-corrected chi connectivity index (χ3v) is 4.24. The average molecular weight is 370 g/mol. The molecule has 0 aliphatic carbocycles. The predicted molar refractivity (Wildman–Crippen MR) is 101 cm³/mol. The topological polar surface area (TPSA) is 59.2 Å². The van der Waals surface area contributed by atoms with Crippen molar-refractivity contribution in [1.82, 2.24) is 15.0 Å². The Morgan fingerprint density at radius 2 is 1.96 bits per heavy atom. The summed E-state index contributed by atoms with van der Waals surface area (Å²) in [6.45, 7) is 6.14. The van der Waals surface area contributed by atoms with E-state index in [9.17, 15) is 4.79 Å². The van der Waals surface area contributed by atoms with Crippen LogP contribution in [0.2, 0.25) is 5.02 Å². The molecule has 0 radical (unpaired) electrons. The van der Waals surface area contributed by atoms with Crippen LogP contribution >= 0.6 is 11.6 Å². The molecule has 2 aromatic carbocycles. The Bertz CT molecular complexity index is 921. The molecule has 0 aliphatic heterocycles. The van der Waals surface area contributed by atoms with Gasteiger partial charge in [-0.15, -0.1) is 0 Å². The molecule has 0 saturated heterocycles. The number of aromatic nitrogens is 2. The quantitative estimate of drug-likeness (QED) is 0.651. The van der Waals surface area contributed by atoms with E-state index in [1.807, 2.05) is 45.0 Å². The highest BCUT2D eigenvalue weighted by molar-refractivity contribution is 6.30. The van der Waals surface area contributed by atoms with Crippen LogP contribution in [0.25, 0.3) is 11.4 Å². The third kappa shape index (κ3) is 4.11. The number of carbonyl (C=O) groups is 1. The molecule has 0 aliphatic rings. The molecular formula is C20H20ClN3O2. The Hall–Kier alpha value is -2.66. The van der Waals surface area contributed by atoms with Gasteiger partial charge in [0.05, 0.1) is 0 Å². The summed E-state index contributed by atoms with van der Waals surface area (Å²) in [5.74, 6) is 0.783. The van der Waals surface area contributed by atoms with Crippen LogP contribution in [0, 0.1) is 6.92 Å². The van der Waals surface area contributed by atoms with Gasteiger partial charge in [-0.1, -0.05) is 46.6 Å². The summed E-state index contributed by atoms with van der Waals surface area (Å²) in [5, 5.41) is 4.57. The van der Waals surface area contributed by atoms with Crippen molar-refractivity contribution >= 4 is 17.5 Å². The second-order valence-electron chi connectivity index (χ2n) is 6.42. The standard InChI is InChI=1S/C20H20ClN3O2/c1-13(2)24(20(25)16-8-5-9-17(21)11-16)12-18-22-19(23-26-18)15-7-4-6-14(3)10-15/h4-11,13H,12H2,1-3H3. The molecule has 0 atom stereocenters. The highest BCUT2D eigenvalue weighted by Gasteiger charge is 2.22. The summed E-state index contributed by atoms with van der Waals surface area (Å²) in [4.78, 5) is 19.0. The molecule has 0 N–H and O–H groups in total. The summed E-state index contributed by atoms with van der Waals surface area (Å²) in [6, 6.07) is 14.8. The van der Waals surface area contributed by atoms with Gasteiger partial charge in [0.2, 0.25) is 11.7 Å². The lowest BCUT2D eigenvalue weighted by atomic mass is 10.1. The maximum absolute atomic E-state index is 12.8. The molecule has 134 valence electrons. The van der Waals surface area contributed by atoms with Crippen molar-refractivity contribution in [3.63, 3.8) is 0 Å². The zero-order valence-corrected chi connectivity index (χ0v) is 15.7. The zero-order valence-electron chi connectivity index (χ0n) is 14.9. The Morgan fingerprint density at radius 3 is 2.65 bits per heavy atom. The Kier molecular flexibility index (Phi) is 5.38. The predicted octanol–water partition coefficient (Wildman–Crippen LogP) is 4.75. The molecule has 3 rings (SSSR count). The summed E-state index contributed by atoms with van der Waals surface area (Å²) < 4.78 is 5.37. The fraction of sp³-hybridized carbons (Fsp3) is 0.250. The van der Waals surface area contributed by atoms with Gasteiger partial charge in [0.25, 0.3) is 5.91 Å². The van der Waals surface area contributed by atoms with Crippen LogP contribution in [-0.4, -0.2) is 27.0 Å². The summed E-state index contributed by atoms with van der Waals surface area (Å²) >= 11 is 6.01. The lowest BCUT2D eigenvalue weighted by Crippen LogP contribution is -2.36. The van der Waals surface area contributed by atoms with Crippen molar-refractivity contribution in [2.45, 2.75) is 33.4 Å². The first-order valence-electron chi connectivity index (χ1n) is 8.40. The van der Waals surface area contributed by atoms with Crippen LogP contribution in [-0.2, 0) is 6.54 Å². The molecule has 26 heavy (non-hydrogen) atoms. The van der Waals surface area contributed by atoms with Gasteiger partial charge in [-0.3, -0.25) is 4.79 Å². The van der Waals surface area contributed by atoms with E-state index in [1.54, 1.807) is 29.2 Å². The van der Waals surface area contributed by atoms with Gasteiger partial charge in [-0.2, -0.15) is 4.98 Å². The third-order valence-electron chi connectivity index (χ3n) is 4.01. The first kappa shape index (κ1) is 18.1. The number of benzene rings is 2. The summed E-state index contributed by atoms with van der Waals surface area (Å²) in [5.41, 5.74) is 2.54. The van der Waals surface area contributed by atoms with Crippen LogP contribution < -0.4 is 0 Å². The Morgan fingerprint density at radius 1 is 1.19 bits per heavy atom. The smallest absolute Gasteiger partial charge is 0.254 e. The summed E-state index contributed by atoms with van der Waals surface area (Å²) in [6.07, 6.45) is 0. The van der Waals surface area contributed by atoms with E-state index in [2.05, 4.69) is 10.1 Å². The van der Waals surface area contributed by atoms with Crippen molar-refractivity contribution in [3.8, 4) is 11.4 Å². The molecule has 0 unspecified atom stereocenters. The first-order valence-corrected chi connectivity index (χ1v) is 8.78. The molecule has 0 bridgehead atoms. The number of nitrogens with zero attached hydrogens (tertiary/aromatic N) is 3. The second-order valence-corrected chi connectivity index (χ2v) is 6.85. The van der Waals surface area contributed by atoms with Gasteiger partial charge in [0.1, 0.15) is 6.54 Å². The molecule has 5 nitrogen and oxygen atoms in total. The number of carbonyl (C=O) groups excluding carboxylic acids is 1. The molecule has 6 heteroatoms. The van der Waals surface area contributed by atoms with Crippen molar-refractivity contribution in [2.75, 3.05) is 0 Å². The van der Waals surface area contributed by atoms with Crippen LogP contribution in [0.3, 0.4) is 0 Å². The lowest BCUT2D eigenvalue weighted by molar-refractivity contribution is 0.0667. The minimum absolute atomic E-state index is 0.0317. The van der Waals surface area contributed by atoms with Crippen molar-refractivity contribution in [3.05, 3.63) is 70.6 Å². The monoisotopic (exact) mass is 369 g/mol. The molecule has 0 fully saturated rings. The molecule has 0 saturated carbocycles. The zero-order chi connectivity index (χ0) is 18.7. The maximum Gasteiger partial charge on any atom is 0.254 e. The fourth-order valence-corrected chi connectivity index (χ4v) is 2.83. The maximum atomic E-state index is 12.8. The highest BCUT2D eigenvalue weighted by Crippen LogP contribution is 2.20. The van der Waals surface area contributed by atoms with Crippen molar-refractivity contribution in [1.29, 1.82) is 0 Å². The van der Waals surface area contributed by atoms with E-state index < -0.39 is 0 Å². The molecule has 1 heterocycles. The van der Waals surface area contributed by atoms with E-state index in [4.69, 9.17) is 16.1 Å². The van der Waals surface area contributed by atoms with E-state index in [0.29, 0.717) is 22.3 Å². The largest absolute Gasteiger partial charge is 0.337 e. The Labute approximate surface area is 157 Å². The first-order chi connectivity index (χ1) is 12.4. The van der Waals surface area contributed by atoms with E-state index >= 15 is 0 Å². The minimum Gasteiger partial charge on any atom is -0.337 e. The SMILES string of the molecule is Cc1cccc(-c2noc(CN(C(=O)c3cccc(Cl)c3)C(C)C)n2)c1. The number of hydrogen-bond donors (Lipinski definition) is 0. The Balaban J connectivity index is 1.82. The van der Waals surface area contributed by atoms with E-state index in [1.165, 1.54) is 0 Å². The van der Waals surface area contributed by atoms with Crippen LogP contribution in [0.15, 0.2) is 53.1 Å². The molecule has 0 spiro atoms.